The second kappa shape index (κ2) is 8.48. The quantitative estimate of drug-likeness (QED) is 0.602. The number of hydrogen-bond donors (Lipinski definition) is 2. The van der Waals surface area contributed by atoms with Gasteiger partial charge in [-0.15, -0.1) is 10.2 Å². The summed E-state index contributed by atoms with van der Waals surface area (Å²) in [6.45, 7) is 3.98. The van der Waals surface area contributed by atoms with Gasteiger partial charge >= 0.3 is 0 Å². The summed E-state index contributed by atoms with van der Waals surface area (Å²) in [4.78, 5) is 7.14. The van der Waals surface area contributed by atoms with Crippen molar-refractivity contribution in [2.24, 2.45) is 4.99 Å². The Hall–Kier alpha value is -1.80. The van der Waals surface area contributed by atoms with Crippen LogP contribution in [0.15, 0.2) is 29.4 Å². The first-order valence-electron chi connectivity index (χ1n) is 9.87. The molecule has 1 saturated carbocycles. The maximum atomic E-state index is 4.42. The normalized spacial score (nSPS) is 20.9. The second-order valence-electron chi connectivity index (χ2n) is 7.36. The molecular weight excluding hydrogens is 358 g/mol. The molecule has 0 aromatic carbocycles. The summed E-state index contributed by atoms with van der Waals surface area (Å²) in [7, 11) is 1.83. The fraction of sp³-hybridized carbons (Fsp3) is 0.632. The molecule has 2 N–H and O–H groups in total. The molecule has 4 rings (SSSR count). The zero-order valence-corrected chi connectivity index (χ0v) is 16.8. The van der Waals surface area contributed by atoms with Crippen molar-refractivity contribution in [3.63, 3.8) is 0 Å². The van der Waals surface area contributed by atoms with E-state index in [9.17, 15) is 0 Å². The molecule has 2 aromatic heterocycles. The molecule has 2 aromatic rings. The molecule has 0 amide bonds. The monoisotopic (exact) mass is 387 g/mol. The molecule has 0 spiro atoms. The van der Waals surface area contributed by atoms with Crippen LogP contribution in [0.25, 0.3) is 5.65 Å². The number of pyridine rings is 1. The Morgan fingerprint density at radius 3 is 2.78 bits per heavy atom. The highest BCUT2D eigenvalue weighted by molar-refractivity contribution is 7.99. The van der Waals surface area contributed by atoms with Gasteiger partial charge < -0.3 is 10.6 Å². The molecule has 0 radical (unpaired) electrons. The van der Waals surface area contributed by atoms with Gasteiger partial charge in [-0.3, -0.25) is 14.3 Å². The summed E-state index contributed by atoms with van der Waals surface area (Å²) < 4.78 is 2.00. The van der Waals surface area contributed by atoms with E-state index >= 15 is 0 Å². The van der Waals surface area contributed by atoms with Gasteiger partial charge in [-0.1, -0.05) is 18.9 Å². The van der Waals surface area contributed by atoms with Gasteiger partial charge in [0.15, 0.2) is 17.4 Å². The van der Waals surface area contributed by atoms with Gasteiger partial charge in [0.1, 0.15) is 0 Å². The van der Waals surface area contributed by atoms with Crippen LogP contribution in [0.1, 0.15) is 31.5 Å². The van der Waals surface area contributed by atoms with E-state index < -0.39 is 0 Å². The van der Waals surface area contributed by atoms with E-state index in [2.05, 4.69) is 42.5 Å². The van der Waals surface area contributed by atoms with Crippen LogP contribution in [0.2, 0.25) is 0 Å². The highest BCUT2D eigenvalue weighted by atomic mass is 32.2. The van der Waals surface area contributed by atoms with Crippen LogP contribution in [0, 0.1) is 0 Å². The average molecular weight is 388 g/mol. The Morgan fingerprint density at radius 2 is 2.00 bits per heavy atom. The molecule has 2 fully saturated rings. The standard InChI is InChI=1S/C19H29N7S/c1-20-18(21-14-17-24-23-16-6-2-5-9-26(16)17)22-15-19(7-3-4-8-19)25-10-12-27-13-11-25/h2,5-6,9H,3-4,7-8,10-15H2,1H3,(H2,20,21,22). The molecule has 0 bridgehead atoms. The van der Waals surface area contributed by atoms with Crippen molar-refractivity contribution >= 4 is 23.4 Å². The maximum Gasteiger partial charge on any atom is 0.191 e. The Kier molecular flexibility index (Phi) is 5.83. The summed E-state index contributed by atoms with van der Waals surface area (Å²) in [6, 6.07) is 5.93. The lowest BCUT2D eigenvalue weighted by Gasteiger charge is -2.43. The molecule has 27 heavy (non-hydrogen) atoms. The Bertz CT molecular complexity index is 775. The van der Waals surface area contributed by atoms with Crippen molar-refractivity contribution in [2.75, 3.05) is 38.2 Å². The lowest BCUT2D eigenvalue weighted by atomic mass is 9.94. The Balaban J connectivity index is 1.37. The molecule has 0 atom stereocenters. The lowest BCUT2D eigenvalue weighted by Crippen LogP contribution is -2.57. The minimum absolute atomic E-state index is 0.292. The molecular formula is C19H29N7S. The van der Waals surface area contributed by atoms with Crippen LogP contribution in [-0.2, 0) is 6.54 Å². The van der Waals surface area contributed by atoms with Crippen molar-refractivity contribution in [1.82, 2.24) is 30.1 Å². The zero-order valence-electron chi connectivity index (χ0n) is 16.0. The van der Waals surface area contributed by atoms with Crippen LogP contribution in [0.3, 0.4) is 0 Å². The minimum atomic E-state index is 0.292. The molecule has 146 valence electrons. The van der Waals surface area contributed by atoms with E-state index in [0.717, 1.165) is 24.0 Å². The topological polar surface area (TPSA) is 69.8 Å². The maximum absolute atomic E-state index is 4.42. The fourth-order valence-electron chi connectivity index (χ4n) is 4.32. The lowest BCUT2D eigenvalue weighted by molar-refractivity contribution is 0.107. The van der Waals surface area contributed by atoms with E-state index in [1.54, 1.807) is 0 Å². The highest BCUT2D eigenvalue weighted by Gasteiger charge is 2.39. The van der Waals surface area contributed by atoms with Crippen molar-refractivity contribution < 1.29 is 0 Å². The summed E-state index contributed by atoms with van der Waals surface area (Å²) in [5, 5.41) is 15.5. The Morgan fingerprint density at radius 1 is 1.19 bits per heavy atom. The number of aromatic nitrogens is 3. The summed E-state index contributed by atoms with van der Waals surface area (Å²) in [5.41, 5.74) is 1.16. The number of thioether (sulfide) groups is 1. The SMILES string of the molecule is CN=C(NCc1nnc2ccccn12)NCC1(N2CCSCC2)CCCC1. The Labute approximate surface area is 165 Å². The van der Waals surface area contributed by atoms with Gasteiger partial charge in [0, 0.05) is 49.9 Å². The first kappa shape index (κ1) is 18.6. The second-order valence-corrected chi connectivity index (χ2v) is 8.58. The van der Waals surface area contributed by atoms with Gasteiger partial charge in [-0.25, -0.2) is 0 Å². The predicted octanol–water partition coefficient (Wildman–Crippen LogP) is 1.76. The largest absolute Gasteiger partial charge is 0.355 e. The van der Waals surface area contributed by atoms with Crippen LogP contribution in [0.4, 0.5) is 0 Å². The first-order chi connectivity index (χ1) is 13.3. The predicted molar refractivity (Wildman–Crippen MR) is 111 cm³/mol. The fourth-order valence-corrected chi connectivity index (χ4v) is 5.22. The number of aliphatic imine (C=N–C) groups is 1. The molecule has 8 heteroatoms. The smallest absolute Gasteiger partial charge is 0.191 e. The average Bonchev–Trinajstić information content (AvgIpc) is 3.37. The molecule has 1 saturated heterocycles. The number of hydrogen-bond acceptors (Lipinski definition) is 5. The molecule has 7 nitrogen and oxygen atoms in total. The highest BCUT2D eigenvalue weighted by Crippen LogP contribution is 2.36. The third-order valence-electron chi connectivity index (χ3n) is 5.82. The van der Waals surface area contributed by atoms with Crippen molar-refractivity contribution in [1.29, 1.82) is 0 Å². The number of nitrogens with zero attached hydrogens (tertiary/aromatic N) is 5. The third kappa shape index (κ3) is 4.06. The summed E-state index contributed by atoms with van der Waals surface area (Å²) in [5.74, 6) is 4.24. The molecule has 2 aliphatic rings. The van der Waals surface area contributed by atoms with E-state index in [0.29, 0.717) is 12.1 Å². The molecule has 1 aliphatic heterocycles. The van der Waals surface area contributed by atoms with Crippen LogP contribution < -0.4 is 10.6 Å². The summed E-state index contributed by atoms with van der Waals surface area (Å²) in [6.07, 6.45) is 7.24. The summed E-state index contributed by atoms with van der Waals surface area (Å²) >= 11 is 2.08. The van der Waals surface area contributed by atoms with Crippen LogP contribution in [0.5, 0.6) is 0 Å². The van der Waals surface area contributed by atoms with Gasteiger partial charge in [0.2, 0.25) is 0 Å². The van der Waals surface area contributed by atoms with Gasteiger partial charge in [0.05, 0.1) is 6.54 Å². The van der Waals surface area contributed by atoms with Crippen LogP contribution in [-0.4, -0.2) is 69.2 Å². The van der Waals surface area contributed by atoms with E-state index in [1.807, 2.05) is 35.8 Å². The van der Waals surface area contributed by atoms with E-state index in [4.69, 9.17) is 0 Å². The van der Waals surface area contributed by atoms with Gasteiger partial charge in [0.25, 0.3) is 0 Å². The van der Waals surface area contributed by atoms with Crippen molar-refractivity contribution in [3.05, 3.63) is 30.2 Å². The van der Waals surface area contributed by atoms with Crippen LogP contribution >= 0.6 is 11.8 Å². The van der Waals surface area contributed by atoms with E-state index in [1.165, 1.54) is 50.3 Å². The van der Waals surface area contributed by atoms with Gasteiger partial charge in [-0.05, 0) is 25.0 Å². The minimum Gasteiger partial charge on any atom is -0.355 e. The number of guanidine groups is 1. The first-order valence-corrected chi connectivity index (χ1v) is 11.0. The molecule has 3 heterocycles. The third-order valence-corrected chi connectivity index (χ3v) is 6.77. The van der Waals surface area contributed by atoms with Gasteiger partial charge in [-0.2, -0.15) is 11.8 Å². The number of nitrogens with one attached hydrogen (secondary N) is 2. The zero-order chi connectivity index (χ0) is 18.5. The molecule has 1 aliphatic carbocycles. The van der Waals surface area contributed by atoms with Crippen molar-refractivity contribution in [2.45, 2.75) is 37.8 Å². The molecule has 0 unspecified atom stereocenters. The van der Waals surface area contributed by atoms with Crippen molar-refractivity contribution in [3.8, 4) is 0 Å². The number of fused-ring (bicyclic) bond motifs is 1. The van der Waals surface area contributed by atoms with E-state index in [-0.39, 0.29) is 0 Å². The number of rotatable bonds is 5.